The first-order chi connectivity index (χ1) is 7.72. The van der Waals surface area contributed by atoms with Gasteiger partial charge in [-0.1, -0.05) is 11.6 Å². The number of anilines is 1. The number of alkyl halides is 3. The van der Waals surface area contributed by atoms with Crippen molar-refractivity contribution in [2.24, 2.45) is 5.73 Å². The van der Waals surface area contributed by atoms with Crippen molar-refractivity contribution in [1.82, 2.24) is 4.98 Å². The van der Waals surface area contributed by atoms with Crippen LogP contribution in [0.25, 0.3) is 0 Å². The van der Waals surface area contributed by atoms with E-state index in [1.54, 1.807) is 0 Å². The molecule has 0 spiro atoms. The molecule has 8 heteroatoms. The normalized spacial score (nSPS) is 11.4. The zero-order valence-electron chi connectivity index (χ0n) is 8.85. The summed E-state index contributed by atoms with van der Waals surface area (Å²) < 4.78 is 36.6. The second-order valence-electron chi connectivity index (χ2n) is 3.38. The third-order valence-electron chi connectivity index (χ3n) is 1.94. The van der Waals surface area contributed by atoms with Crippen molar-refractivity contribution >= 4 is 23.3 Å². The van der Waals surface area contributed by atoms with Crippen molar-refractivity contribution in [1.29, 1.82) is 5.41 Å². The van der Waals surface area contributed by atoms with Gasteiger partial charge in [0.15, 0.2) is 0 Å². The lowest BCUT2D eigenvalue weighted by molar-refractivity contribution is -0.119. The summed E-state index contributed by atoms with van der Waals surface area (Å²) in [4.78, 5) is 4.60. The predicted octanol–water partition coefficient (Wildman–Crippen LogP) is 2.02. The fraction of sp³-hybridized carbons (Fsp3) is 0.333. The van der Waals surface area contributed by atoms with Crippen LogP contribution in [0.4, 0.5) is 19.0 Å². The first kappa shape index (κ1) is 13.6. The highest BCUT2D eigenvalue weighted by molar-refractivity contribution is 6.36. The number of halogens is 4. The molecule has 0 saturated carbocycles. The number of nitrogens with zero attached hydrogens (tertiary/aromatic N) is 2. The van der Waals surface area contributed by atoms with Crippen molar-refractivity contribution in [3.63, 3.8) is 0 Å². The standard InChI is InChI=1S/C9H10ClF3N4/c1-17(4-9(11,12)13)8-6(10)5(7(14)15)2-3-16-8/h2-3H,4H2,1H3,(H3,14,15). The Bertz CT molecular complexity index is 433. The molecule has 0 amide bonds. The molecule has 17 heavy (non-hydrogen) atoms. The Morgan fingerprint density at radius 2 is 2.18 bits per heavy atom. The molecular weight excluding hydrogens is 257 g/mol. The molecule has 0 aliphatic carbocycles. The third kappa shape index (κ3) is 3.48. The van der Waals surface area contributed by atoms with E-state index in [1.807, 2.05) is 0 Å². The Labute approximate surface area is 101 Å². The molecule has 0 atom stereocenters. The maximum absolute atomic E-state index is 12.2. The van der Waals surface area contributed by atoms with Crippen LogP contribution in [0, 0.1) is 5.41 Å². The van der Waals surface area contributed by atoms with E-state index < -0.39 is 12.7 Å². The molecule has 1 heterocycles. The van der Waals surface area contributed by atoms with Crippen LogP contribution in [0.15, 0.2) is 12.3 Å². The summed E-state index contributed by atoms with van der Waals surface area (Å²) in [6.07, 6.45) is -3.10. The second-order valence-corrected chi connectivity index (χ2v) is 3.76. The monoisotopic (exact) mass is 266 g/mol. The van der Waals surface area contributed by atoms with Gasteiger partial charge >= 0.3 is 6.18 Å². The Kier molecular flexibility index (Phi) is 3.82. The lowest BCUT2D eigenvalue weighted by Gasteiger charge is -2.21. The van der Waals surface area contributed by atoms with Crippen molar-refractivity contribution < 1.29 is 13.2 Å². The van der Waals surface area contributed by atoms with Gasteiger partial charge in [0, 0.05) is 18.8 Å². The van der Waals surface area contributed by atoms with Gasteiger partial charge in [0.2, 0.25) is 0 Å². The molecule has 0 fully saturated rings. The summed E-state index contributed by atoms with van der Waals surface area (Å²) in [6, 6.07) is 1.37. The molecule has 0 aliphatic heterocycles. The van der Waals surface area contributed by atoms with Gasteiger partial charge in [0.25, 0.3) is 0 Å². The van der Waals surface area contributed by atoms with Crippen molar-refractivity contribution in [3.05, 3.63) is 22.8 Å². The molecule has 0 unspecified atom stereocenters. The Morgan fingerprint density at radius 3 is 2.65 bits per heavy atom. The molecule has 1 rings (SSSR count). The highest BCUT2D eigenvalue weighted by Gasteiger charge is 2.30. The van der Waals surface area contributed by atoms with E-state index >= 15 is 0 Å². The molecule has 1 aromatic rings. The van der Waals surface area contributed by atoms with E-state index in [9.17, 15) is 13.2 Å². The first-order valence-electron chi connectivity index (χ1n) is 4.49. The van der Waals surface area contributed by atoms with Gasteiger partial charge < -0.3 is 10.6 Å². The van der Waals surface area contributed by atoms with Crippen LogP contribution in [0.2, 0.25) is 5.02 Å². The molecule has 0 aromatic carbocycles. The number of hydrogen-bond acceptors (Lipinski definition) is 3. The molecule has 3 N–H and O–H groups in total. The maximum atomic E-state index is 12.2. The Balaban J connectivity index is 3.07. The Morgan fingerprint density at radius 1 is 1.59 bits per heavy atom. The minimum Gasteiger partial charge on any atom is -0.384 e. The summed E-state index contributed by atoms with van der Waals surface area (Å²) in [5, 5.41) is 7.16. The lowest BCUT2D eigenvalue weighted by atomic mass is 10.2. The summed E-state index contributed by atoms with van der Waals surface area (Å²) in [6.45, 7) is -1.18. The minimum atomic E-state index is -4.36. The van der Waals surface area contributed by atoms with Crippen LogP contribution < -0.4 is 10.6 Å². The maximum Gasteiger partial charge on any atom is 0.405 e. The summed E-state index contributed by atoms with van der Waals surface area (Å²) in [7, 11) is 1.21. The topological polar surface area (TPSA) is 66.0 Å². The van der Waals surface area contributed by atoms with Gasteiger partial charge in [0.05, 0.1) is 5.02 Å². The average Bonchev–Trinajstić information content (AvgIpc) is 2.14. The zero-order chi connectivity index (χ0) is 13.2. The molecule has 4 nitrogen and oxygen atoms in total. The van der Waals surface area contributed by atoms with Gasteiger partial charge in [-0.25, -0.2) is 4.98 Å². The molecule has 0 saturated heterocycles. The summed E-state index contributed by atoms with van der Waals surface area (Å²) in [5.74, 6) is -0.379. The molecular formula is C9H10ClF3N4. The van der Waals surface area contributed by atoms with E-state index in [-0.39, 0.29) is 22.2 Å². The summed E-state index contributed by atoms with van der Waals surface area (Å²) in [5.41, 5.74) is 5.40. The number of rotatable bonds is 3. The van der Waals surface area contributed by atoms with E-state index in [0.717, 1.165) is 4.90 Å². The quantitative estimate of drug-likeness (QED) is 0.650. The SMILES string of the molecule is CN(CC(F)(F)F)c1nccc(C(=N)N)c1Cl. The van der Waals surface area contributed by atoms with Gasteiger partial charge in [-0.15, -0.1) is 0 Å². The second kappa shape index (κ2) is 4.79. The molecule has 0 aliphatic rings. The number of aromatic nitrogens is 1. The van der Waals surface area contributed by atoms with Crippen molar-refractivity contribution in [2.45, 2.75) is 6.18 Å². The van der Waals surface area contributed by atoms with E-state index in [4.69, 9.17) is 22.7 Å². The predicted molar refractivity (Wildman–Crippen MR) is 59.6 cm³/mol. The van der Waals surface area contributed by atoms with Crippen LogP contribution in [0.3, 0.4) is 0 Å². The number of amidine groups is 1. The van der Waals surface area contributed by atoms with Crippen LogP contribution in [0.5, 0.6) is 0 Å². The molecule has 94 valence electrons. The zero-order valence-corrected chi connectivity index (χ0v) is 9.60. The fourth-order valence-electron chi connectivity index (χ4n) is 1.25. The molecule has 0 radical (unpaired) electrons. The van der Waals surface area contributed by atoms with Crippen LogP contribution in [-0.2, 0) is 0 Å². The van der Waals surface area contributed by atoms with Crippen LogP contribution >= 0.6 is 11.6 Å². The van der Waals surface area contributed by atoms with Crippen molar-refractivity contribution in [3.8, 4) is 0 Å². The highest BCUT2D eigenvalue weighted by Crippen LogP contribution is 2.28. The van der Waals surface area contributed by atoms with E-state index in [1.165, 1.54) is 19.3 Å². The number of nitrogens with two attached hydrogens (primary N) is 1. The van der Waals surface area contributed by atoms with Gasteiger partial charge in [-0.2, -0.15) is 13.2 Å². The molecule has 1 aromatic heterocycles. The Hall–Kier alpha value is -1.50. The fourth-order valence-corrected chi connectivity index (χ4v) is 1.61. The lowest BCUT2D eigenvalue weighted by Crippen LogP contribution is -2.32. The van der Waals surface area contributed by atoms with E-state index in [0.29, 0.717) is 0 Å². The van der Waals surface area contributed by atoms with Gasteiger partial charge in [-0.05, 0) is 6.07 Å². The van der Waals surface area contributed by atoms with Crippen LogP contribution in [-0.4, -0.2) is 30.6 Å². The number of nitrogens with one attached hydrogen (secondary N) is 1. The number of nitrogen functional groups attached to an aromatic ring is 1. The molecule has 0 bridgehead atoms. The summed E-state index contributed by atoms with van der Waals surface area (Å²) >= 11 is 5.84. The average molecular weight is 267 g/mol. The number of pyridine rings is 1. The third-order valence-corrected chi connectivity index (χ3v) is 2.31. The number of hydrogen-bond donors (Lipinski definition) is 2. The largest absolute Gasteiger partial charge is 0.405 e. The van der Waals surface area contributed by atoms with Crippen LogP contribution in [0.1, 0.15) is 5.56 Å². The van der Waals surface area contributed by atoms with Gasteiger partial charge in [-0.3, -0.25) is 5.41 Å². The van der Waals surface area contributed by atoms with Crippen molar-refractivity contribution in [2.75, 3.05) is 18.5 Å². The van der Waals surface area contributed by atoms with E-state index in [2.05, 4.69) is 4.98 Å². The van der Waals surface area contributed by atoms with Gasteiger partial charge in [0.1, 0.15) is 18.2 Å². The smallest absolute Gasteiger partial charge is 0.384 e. The first-order valence-corrected chi connectivity index (χ1v) is 4.87. The highest BCUT2D eigenvalue weighted by atomic mass is 35.5. The minimum absolute atomic E-state index is 0.0586.